The summed E-state index contributed by atoms with van der Waals surface area (Å²) in [5, 5.41) is -0.474. The minimum absolute atomic E-state index is 0.170. The maximum absolute atomic E-state index is 12.5. The zero-order valence-corrected chi connectivity index (χ0v) is 13.4. The first-order chi connectivity index (χ1) is 11.0. The van der Waals surface area contributed by atoms with Gasteiger partial charge in [-0.15, -0.1) is 0 Å². The maximum Gasteiger partial charge on any atom is 0.458 e. The predicted molar refractivity (Wildman–Crippen MR) is 70.8 cm³/mol. The van der Waals surface area contributed by atoms with Crippen LogP contribution in [0, 0.1) is 5.82 Å². The molecule has 0 saturated carbocycles. The zero-order chi connectivity index (χ0) is 20.2. The van der Waals surface area contributed by atoms with Crippen LogP contribution in [-0.4, -0.2) is 37.6 Å². The van der Waals surface area contributed by atoms with Crippen LogP contribution in [0.5, 0.6) is 0 Å². The number of rotatable bonds is 3. The zero-order valence-electron chi connectivity index (χ0n) is 12.6. The van der Waals surface area contributed by atoms with Crippen LogP contribution in [0.1, 0.15) is 13.8 Å². The number of ketones is 2. The molecule has 0 aliphatic rings. The lowest BCUT2D eigenvalue weighted by Crippen LogP contribution is -2.39. The average Bonchev–Trinajstić information content (AvgIpc) is 2.44. The SMILES string of the molecule is CC(C)S(=O)(=O)c1ccc(F)cc1.O=C(C(=O)C(F)(F)F)C(F)(F)F. The fourth-order valence-electron chi connectivity index (χ4n) is 1.15. The number of carbonyl (C=O) groups excluding carboxylic acids is 2. The molecule has 0 bridgehead atoms. The van der Waals surface area contributed by atoms with E-state index in [1.807, 2.05) is 0 Å². The van der Waals surface area contributed by atoms with Crippen LogP contribution in [0.2, 0.25) is 0 Å². The first kappa shape index (κ1) is 23.0. The van der Waals surface area contributed by atoms with Gasteiger partial charge in [0.05, 0.1) is 10.1 Å². The van der Waals surface area contributed by atoms with E-state index >= 15 is 0 Å². The maximum atomic E-state index is 12.5. The molecule has 25 heavy (non-hydrogen) atoms. The third-order valence-electron chi connectivity index (χ3n) is 2.48. The molecule has 0 aliphatic carbocycles. The molecule has 0 fully saturated rings. The molecule has 0 aromatic heterocycles. The number of carbonyl (C=O) groups is 2. The highest BCUT2D eigenvalue weighted by Crippen LogP contribution is 2.24. The van der Waals surface area contributed by atoms with Crippen molar-refractivity contribution in [2.45, 2.75) is 36.3 Å². The monoisotopic (exact) mass is 396 g/mol. The van der Waals surface area contributed by atoms with Gasteiger partial charge in [-0.1, -0.05) is 0 Å². The third kappa shape index (κ3) is 6.80. The van der Waals surface area contributed by atoms with Gasteiger partial charge in [0, 0.05) is 0 Å². The summed E-state index contributed by atoms with van der Waals surface area (Å²) in [6, 6.07) is 4.86. The summed E-state index contributed by atoms with van der Waals surface area (Å²) in [7, 11) is -3.26. The Kier molecular flexibility index (Phi) is 7.30. The number of hydrogen-bond acceptors (Lipinski definition) is 4. The largest absolute Gasteiger partial charge is 0.458 e. The van der Waals surface area contributed by atoms with Gasteiger partial charge in [0.25, 0.3) is 0 Å². The smallest absolute Gasteiger partial charge is 0.280 e. The van der Waals surface area contributed by atoms with E-state index < -0.39 is 44.8 Å². The molecule has 1 rings (SSSR count). The van der Waals surface area contributed by atoms with Crippen LogP contribution >= 0.6 is 0 Å². The quantitative estimate of drug-likeness (QED) is 0.447. The minimum atomic E-state index is -5.77. The highest BCUT2D eigenvalue weighted by Gasteiger charge is 2.54. The summed E-state index contributed by atoms with van der Waals surface area (Å²) in [6.45, 7) is 3.19. The number of sulfone groups is 1. The third-order valence-corrected chi connectivity index (χ3v) is 4.65. The van der Waals surface area contributed by atoms with Gasteiger partial charge in [-0.25, -0.2) is 12.8 Å². The number of benzene rings is 1. The lowest BCUT2D eigenvalue weighted by atomic mass is 10.2. The molecule has 1 aromatic carbocycles. The topological polar surface area (TPSA) is 68.3 Å². The van der Waals surface area contributed by atoms with E-state index in [1.165, 1.54) is 12.1 Å². The highest BCUT2D eigenvalue weighted by molar-refractivity contribution is 7.92. The molecule has 0 aliphatic heterocycles. The molecule has 0 unspecified atom stereocenters. The summed E-state index contributed by atoms with van der Waals surface area (Å²) >= 11 is 0. The van der Waals surface area contributed by atoms with Crippen LogP contribution in [0.4, 0.5) is 30.7 Å². The molecule has 0 spiro atoms. The lowest BCUT2D eigenvalue weighted by molar-refractivity contribution is -0.193. The van der Waals surface area contributed by atoms with Crippen molar-refractivity contribution in [1.29, 1.82) is 0 Å². The Morgan fingerprint density at radius 2 is 1.16 bits per heavy atom. The van der Waals surface area contributed by atoms with Crippen molar-refractivity contribution in [3.8, 4) is 0 Å². The first-order valence-electron chi connectivity index (χ1n) is 6.23. The van der Waals surface area contributed by atoms with Gasteiger partial charge < -0.3 is 0 Å². The van der Waals surface area contributed by atoms with E-state index in [0.29, 0.717) is 0 Å². The summed E-state index contributed by atoms with van der Waals surface area (Å²) < 4.78 is 102. The molecule has 0 saturated heterocycles. The van der Waals surface area contributed by atoms with E-state index in [4.69, 9.17) is 0 Å². The number of hydrogen-bond donors (Lipinski definition) is 0. The number of Topliss-reactive ketones (excluding diaryl/α,β-unsaturated/α-hetero) is 2. The Morgan fingerprint density at radius 3 is 1.40 bits per heavy atom. The molecule has 4 nitrogen and oxygen atoms in total. The van der Waals surface area contributed by atoms with E-state index in [2.05, 4.69) is 0 Å². The summed E-state index contributed by atoms with van der Waals surface area (Å²) in [4.78, 5) is 19.4. The molecule has 1 aromatic rings. The highest BCUT2D eigenvalue weighted by atomic mass is 32.2. The van der Waals surface area contributed by atoms with Crippen molar-refractivity contribution in [3.05, 3.63) is 30.1 Å². The molecular formula is C13H11F7O4S. The van der Waals surface area contributed by atoms with Crippen molar-refractivity contribution in [3.63, 3.8) is 0 Å². The van der Waals surface area contributed by atoms with Gasteiger partial charge in [-0.2, -0.15) is 26.3 Å². The van der Waals surface area contributed by atoms with E-state index in [9.17, 15) is 48.7 Å². The normalized spacial score (nSPS) is 12.4. The Labute approximate surface area is 137 Å². The Balaban J connectivity index is 0.000000463. The fourth-order valence-corrected chi connectivity index (χ4v) is 2.21. The molecular weight excluding hydrogens is 385 g/mol. The second-order valence-electron chi connectivity index (χ2n) is 4.70. The molecule has 0 N–H and O–H groups in total. The van der Waals surface area contributed by atoms with Crippen LogP contribution < -0.4 is 0 Å². The van der Waals surface area contributed by atoms with Crippen molar-refractivity contribution in [2.24, 2.45) is 0 Å². The van der Waals surface area contributed by atoms with Crippen molar-refractivity contribution in [2.75, 3.05) is 0 Å². The Hall–Kier alpha value is -1.98. The molecule has 0 radical (unpaired) electrons. The van der Waals surface area contributed by atoms with Gasteiger partial charge in [0.1, 0.15) is 5.82 Å². The molecule has 12 heteroatoms. The summed E-state index contributed by atoms with van der Waals surface area (Å²) in [6.07, 6.45) is -11.5. The van der Waals surface area contributed by atoms with Crippen molar-refractivity contribution in [1.82, 2.24) is 0 Å². The second kappa shape index (κ2) is 7.93. The van der Waals surface area contributed by atoms with Gasteiger partial charge in [0.15, 0.2) is 9.84 Å². The van der Waals surface area contributed by atoms with Crippen molar-refractivity contribution >= 4 is 21.4 Å². The Bertz CT molecular complexity index is 692. The summed E-state index contributed by atoms with van der Waals surface area (Å²) in [5.41, 5.74) is 0. The minimum Gasteiger partial charge on any atom is -0.280 e. The van der Waals surface area contributed by atoms with Crippen LogP contribution in [0.25, 0.3) is 0 Å². The van der Waals surface area contributed by atoms with E-state index in [0.717, 1.165) is 12.1 Å². The van der Waals surface area contributed by atoms with Gasteiger partial charge >= 0.3 is 23.9 Å². The van der Waals surface area contributed by atoms with Crippen LogP contribution in [0.15, 0.2) is 29.2 Å². The van der Waals surface area contributed by atoms with Crippen LogP contribution in [-0.2, 0) is 19.4 Å². The van der Waals surface area contributed by atoms with Crippen LogP contribution in [0.3, 0.4) is 0 Å². The summed E-state index contributed by atoms with van der Waals surface area (Å²) in [5.74, 6) is -7.24. The van der Waals surface area contributed by atoms with Gasteiger partial charge in [0.2, 0.25) is 0 Å². The van der Waals surface area contributed by atoms with E-state index in [-0.39, 0.29) is 4.90 Å². The average molecular weight is 396 g/mol. The second-order valence-corrected chi connectivity index (χ2v) is 7.21. The predicted octanol–water partition coefficient (Wildman–Crippen LogP) is 3.26. The lowest BCUT2D eigenvalue weighted by Gasteiger charge is -2.06. The van der Waals surface area contributed by atoms with Crippen molar-refractivity contribution < 1.29 is 48.7 Å². The van der Waals surface area contributed by atoms with Gasteiger partial charge in [-0.3, -0.25) is 9.59 Å². The fraction of sp³-hybridized carbons (Fsp3) is 0.385. The van der Waals surface area contributed by atoms with Gasteiger partial charge in [-0.05, 0) is 38.1 Å². The standard InChI is InChI=1S/C9H11FO2S.C4F6O2/c1-7(2)13(11,12)9-5-3-8(10)4-6-9;5-3(6,7)1(11)2(12)4(8,9)10/h3-7H,1-2H3;. The number of halogens is 7. The molecule has 0 atom stereocenters. The number of alkyl halides is 6. The Morgan fingerprint density at radius 1 is 0.840 bits per heavy atom. The molecule has 0 amide bonds. The molecule has 142 valence electrons. The molecule has 0 heterocycles. The first-order valence-corrected chi connectivity index (χ1v) is 7.78. The van der Waals surface area contributed by atoms with E-state index in [1.54, 1.807) is 13.8 Å².